The molecule has 0 aromatic heterocycles. The summed E-state index contributed by atoms with van der Waals surface area (Å²) >= 11 is 0. The van der Waals surface area contributed by atoms with E-state index < -0.39 is 11.4 Å². The van der Waals surface area contributed by atoms with Crippen LogP contribution in [0.15, 0.2) is 30.9 Å². The normalized spacial score (nSPS) is 21.5. The van der Waals surface area contributed by atoms with Crippen LogP contribution in [0.1, 0.15) is 35.2 Å². The van der Waals surface area contributed by atoms with Gasteiger partial charge in [0.05, 0.1) is 5.41 Å². The largest absolute Gasteiger partial charge is 0.481 e. The van der Waals surface area contributed by atoms with Gasteiger partial charge in [-0.05, 0) is 49.9 Å². The fourth-order valence-electron chi connectivity index (χ4n) is 3.05. The van der Waals surface area contributed by atoms with Crippen LogP contribution in [0.5, 0.6) is 0 Å². The number of allylic oxidation sites excluding steroid dienone is 1. The highest BCUT2D eigenvalue weighted by Crippen LogP contribution is 2.35. The van der Waals surface area contributed by atoms with Gasteiger partial charge in [0.1, 0.15) is 5.82 Å². The molecule has 2 rings (SSSR count). The predicted octanol–water partition coefficient (Wildman–Crippen LogP) is 3.02. The first kappa shape index (κ1) is 16.2. The average Bonchev–Trinajstić information content (AvgIpc) is 2.47. The van der Waals surface area contributed by atoms with Crippen LogP contribution in [-0.4, -0.2) is 35.0 Å². The van der Waals surface area contributed by atoms with Crippen LogP contribution < -0.4 is 0 Å². The van der Waals surface area contributed by atoms with Crippen molar-refractivity contribution in [3.63, 3.8) is 0 Å². The minimum absolute atomic E-state index is 0.157. The van der Waals surface area contributed by atoms with Gasteiger partial charge in [0.15, 0.2) is 0 Å². The summed E-state index contributed by atoms with van der Waals surface area (Å²) in [4.78, 5) is 25.8. The topological polar surface area (TPSA) is 57.6 Å². The van der Waals surface area contributed by atoms with Gasteiger partial charge in [-0.3, -0.25) is 9.59 Å². The molecule has 0 unspecified atom stereocenters. The molecule has 22 heavy (non-hydrogen) atoms. The van der Waals surface area contributed by atoms with Crippen LogP contribution in [0, 0.1) is 18.2 Å². The first-order chi connectivity index (χ1) is 10.4. The van der Waals surface area contributed by atoms with Crippen LogP contribution in [0.3, 0.4) is 0 Å². The standard InChI is InChI=1S/C17H20FNO3/c1-3-7-17(16(21)22)8-4-9-19(11-17)15(20)14-6-5-13(18)10-12(14)2/h3,5-6,10H,1,4,7-9,11H2,2H3,(H,21,22)/t17-/m1/s1. The molecule has 1 saturated heterocycles. The Kier molecular flexibility index (Phi) is 4.64. The molecule has 0 aliphatic carbocycles. The molecule has 1 aliphatic heterocycles. The van der Waals surface area contributed by atoms with Crippen molar-refractivity contribution in [3.05, 3.63) is 47.8 Å². The number of aryl methyl sites for hydroxylation is 1. The van der Waals surface area contributed by atoms with Gasteiger partial charge in [0.25, 0.3) is 5.91 Å². The third-order valence-electron chi connectivity index (χ3n) is 4.27. The number of carbonyl (C=O) groups excluding carboxylic acids is 1. The number of nitrogens with zero attached hydrogens (tertiary/aromatic N) is 1. The maximum atomic E-state index is 13.2. The lowest BCUT2D eigenvalue weighted by atomic mass is 9.77. The molecule has 1 heterocycles. The number of benzene rings is 1. The van der Waals surface area contributed by atoms with Crippen LogP contribution >= 0.6 is 0 Å². The molecule has 1 atom stereocenters. The summed E-state index contributed by atoms with van der Waals surface area (Å²) in [5, 5.41) is 9.55. The Morgan fingerprint density at radius 3 is 2.82 bits per heavy atom. The van der Waals surface area contributed by atoms with Crippen LogP contribution in [0.25, 0.3) is 0 Å². The van der Waals surface area contributed by atoms with Crippen molar-refractivity contribution in [1.82, 2.24) is 4.90 Å². The van der Waals surface area contributed by atoms with Gasteiger partial charge in [0.2, 0.25) is 0 Å². The van der Waals surface area contributed by atoms with Crippen molar-refractivity contribution in [2.45, 2.75) is 26.2 Å². The van der Waals surface area contributed by atoms with E-state index in [0.29, 0.717) is 36.9 Å². The average molecular weight is 305 g/mol. The lowest BCUT2D eigenvalue weighted by Gasteiger charge is -2.39. The smallest absolute Gasteiger partial charge is 0.311 e. The van der Waals surface area contributed by atoms with E-state index >= 15 is 0 Å². The number of halogens is 1. The monoisotopic (exact) mass is 305 g/mol. The molecule has 1 aromatic carbocycles. The number of aliphatic carboxylic acids is 1. The molecule has 4 nitrogen and oxygen atoms in total. The van der Waals surface area contributed by atoms with Gasteiger partial charge in [-0.15, -0.1) is 6.58 Å². The summed E-state index contributed by atoms with van der Waals surface area (Å²) in [7, 11) is 0. The van der Waals surface area contributed by atoms with Crippen molar-refractivity contribution in [2.75, 3.05) is 13.1 Å². The number of rotatable bonds is 4. The molecular formula is C17H20FNO3. The van der Waals surface area contributed by atoms with E-state index in [1.54, 1.807) is 17.9 Å². The van der Waals surface area contributed by atoms with E-state index in [4.69, 9.17) is 0 Å². The number of carbonyl (C=O) groups is 2. The number of likely N-dealkylation sites (tertiary alicyclic amines) is 1. The molecule has 0 spiro atoms. The highest BCUT2D eigenvalue weighted by molar-refractivity contribution is 5.96. The zero-order chi connectivity index (χ0) is 16.3. The fraction of sp³-hybridized carbons (Fsp3) is 0.412. The van der Waals surface area contributed by atoms with Gasteiger partial charge in [-0.2, -0.15) is 0 Å². The maximum Gasteiger partial charge on any atom is 0.311 e. The van der Waals surface area contributed by atoms with Crippen molar-refractivity contribution in [3.8, 4) is 0 Å². The lowest BCUT2D eigenvalue weighted by Crippen LogP contribution is -2.49. The van der Waals surface area contributed by atoms with E-state index in [1.165, 1.54) is 18.2 Å². The van der Waals surface area contributed by atoms with Crippen molar-refractivity contribution in [1.29, 1.82) is 0 Å². The number of carboxylic acid groups (broad SMARTS) is 1. The molecule has 118 valence electrons. The Bertz CT molecular complexity index is 614. The summed E-state index contributed by atoms with van der Waals surface area (Å²) in [6, 6.07) is 4.02. The van der Waals surface area contributed by atoms with Gasteiger partial charge < -0.3 is 10.0 Å². The van der Waals surface area contributed by atoms with Crippen molar-refractivity contribution >= 4 is 11.9 Å². The number of hydrogen-bond acceptors (Lipinski definition) is 2. The second-order valence-electron chi connectivity index (χ2n) is 5.87. The molecule has 0 radical (unpaired) electrons. The van der Waals surface area contributed by atoms with Crippen LogP contribution in [0.4, 0.5) is 4.39 Å². The summed E-state index contributed by atoms with van der Waals surface area (Å²) < 4.78 is 13.2. The molecule has 0 bridgehead atoms. The number of carboxylic acids is 1. The molecule has 5 heteroatoms. The van der Waals surface area contributed by atoms with Crippen LogP contribution in [-0.2, 0) is 4.79 Å². The number of piperidine rings is 1. The van der Waals surface area contributed by atoms with Gasteiger partial charge in [-0.25, -0.2) is 4.39 Å². The Morgan fingerprint density at radius 1 is 1.50 bits per heavy atom. The third-order valence-corrected chi connectivity index (χ3v) is 4.27. The molecule has 1 aromatic rings. The zero-order valence-electron chi connectivity index (χ0n) is 12.6. The second kappa shape index (κ2) is 6.30. The molecule has 1 fully saturated rings. The Labute approximate surface area is 129 Å². The summed E-state index contributed by atoms with van der Waals surface area (Å²) in [5.41, 5.74) is 0.00487. The zero-order valence-corrected chi connectivity index (χ0v) is 12.6. The van der Waals surface area contributed by atoms with E-state index in [0.717, 1.165) is 0 Å². The van der Waals surface area contributed by atoms with E-state index in [9.17, 15) is 19.1 Å². The lowest BCUT2D eigenvalue weighted by molar-refractivity contribution is -0.151. The van der Waals surface area contributed by atoms with E-state index in [1.807, 2.05) is 0 Å². The quantitative estimate of drug-likeness (QED) is 0.870. The number of hydrogen-bond donors (Lipinski definition) is 1. The first-order valence-corrected chi connectivity index (χ1v) is 7.29. The SMILES string of the molecule is C=CC[C@@]1(C(=O)O)CCCN(C(=O)c2ccc(F)cc2C)C1. The molecule has 1 N–H and O–H groups in total. The minimum Gasteiger partial charge on any atom is -0.481 e. The Balaban J connectivity index is 2.26. The van der Waals surface area contributed by atoms with Crippen molar-refractivity contribution < 1.29 is 19.1 Å². The number of amides is 1. The van der Waals surface area contributed by atoms with Gasteiger partial charge in [0, 0.05) is 18.7 Å². The summed E-state index contributed by atoms with van der Waals surface area (Å²) in [6.07, 6.45) is 3.08. The second-order valence-corrected chi connectivity index (χ2v) is 5.87. The third kappa shape index (κ3) is 3.03. The Morgan fingerprint density at radius 2 is 2.23 bits per heavy atom. The Hall–Kier alpha value is -2.17. The molecule has 0 saturated carbocycles. The van der Waals surface area contributed by atoms with E-state index in [2.05, 4.69) is 6.58 Å². The molecule has 1 amide bonds. The fourth-order valence-corrected chi connectivity index (χ4v) is 3.05. The van der Waals surface area contributed by atoms with E-state index in [-0.39, 0.29) is 18.3 Å². The van der Waals surface area contributed by atoms with Crippen LogP contribution in [0.2, 0.25) is 0 Å². The summed E-state index contributed by atoms with van der Waals surface area (Å²) in [5.74, 6) is -1.54. The highest BCUT2D eigenvalue weighted by Gasteiger charge is 2.42. The molecular weight excluding hydrogens is 285 g/mol. The maximum absolute atomic E-state index is 13.2. The predicted molar refractivity (Wildman–Crippen MR) is 81.2 cm³/mol. The summed E-state index contributed by atoms with van der Waals surface area (Å²) in [6.45, 7) is 5.97. The first-order valence-electron chi connectivity index (χ1n) is 7.29. The minimum atomic E-state index is -0.969. The highest BCUT2D eigenvalue weighted by atomic mass is 19.1. The van der Waals surface area contributed by atoms with Gasteiger partial charge >= 0.3 is 5.97 Å². The van der Waals surface area contributed by atoms with Crippen molar-refractivity contribution in [2.24, 2.45) is 5.41 Å². The van der Waals surface area contributed by atoms with Gasteiger partial charge in [-0.1, -0.05) is 6.08 Å². The molecule has 1 aliphatic rings.